The van der Waals surface area contributed by atoms with Crippen LogP contribution in [-0.2, 0) is 4.79 Å². The first kappa shape index (κ1) is 14.1. The van der Waals surface area contributed by atoms with E-state index in [2.05, 4.69) is 9.97 Å². The summed E-state index contributed by atoms with van der Waals surface area (Å²) in [5.41, 5.74) is 0. The van der Waals surface area contributed by atoms with Gasteiger partial charge in [0.25, 0.3) is 0 Å². The minimum Gasteiger partial charge on any atom is -0.480 e. The Morgan fingerprint density at radius 1 is 1.43 bits per heavy atom. The first-order chi connectivity index (χ1) is 10.2. The third-order valence-electron chi connectivity index (χ3n) is 4.56. The fourth-order valence-corrected chi connectivity index (χ4v) is 3.71. The lowest BCUT2D eigenvalue weighted by Gasteiger charge is -2.33. The van der Waals surface area contributed by atoms with Gasteiger partial charge in [0, 0.05) is 12.1 Å². The standard InChI is InChI=1S/C15H21N3O3/c1-2-21-14-8-13(16-9-17-14)18-11-6-4-3-5-10(11)7-12(18)15(19)20/h8-12H,2-7H2,1H3,(H,19,20). The van der Waals surface area contributed by atoms with E-state index in [1.807, 2.05) is 11.8 Å². The van der Waals surface area contributed by atoms with E-state index in [0.717, 1.165) is 19.3 Å². The number of aromatic nitrogens is 2. The maximum Gasteiger partial charge on any atom is 0.326 e. The van der Waals surface area contributed by atoms with Crippen LogP contribution in [0.3, 0.4) is 0 Å². The molecule has 21 heavy (non-hydrogen) atoms. The van der Waals surface area contributed by atoms with Gasteiger partial charge >= 0.3 is 5.97 Å². The Morgan fingerprint density at radius 3 is 3.00 bits per heavy atom. The van der Waals surface area contributed by atoms with E-state index in [9.17, 15) is 9.90 Å². The number of carbonyl (C=O) groups is 1. The van der Waals surface area contributed by atoms with Gasteiger partial charge in [0.2, 0.25) is 5.88 Å². The van der Waals surface area contributed by atoms with E-state index in [0.29, 0.717) is 30.6 Å². The second-order valence-electron chi connectivity index (χ2n) is 5.76. The highest BCUT2D eigenvalue weighted by molar-refractivity contribution is 5.79. The summed E-state index contributed by atoms with van der Waals surface area (Å²) < 4.78 is 5.41. The Balaban J connectivity index is 1.92. The Morgan fingerprint density at radius 2 is 2.24 bits per heavy atom. The number of aliphatic carboxylic acids is 1. The normalized spacial score (nSPS) is 28.2. The number of carboxylic acids is 1. The highest BCUT2D eigenvalue weighted by Crippen LogP contribution is 2.42. The van der Waals surface area contributed by atoms with E-state index in [1.165, 1.54) is 12.7 Å². The quantitative estimate of drug-likeness (QED) is 0.915. The molecule has 0 spiro atoms. The van der Waals surface area contributed by atoms with Crippen LogP contribution in [0, 0.1) is 5.92 Å². The van der Waals surface area contributed by atoms with Crippen molar-refractivity contribution in [3.05, 3.63) is 12.4 Å². The SMILES string of the molecule is CCOc1cc(N2C(C(=O)O)CC3CCCCC32)ncn1. The molecule has 1 saturated heterocycles. The first-order valence-corrected chi connectivity index (χ1v) is 7.66. The smallest absolute Gasteiger partial charge is 0.326 e. The van der Waals surface area contributed by atoms with Gasteiger partial charge < -0.3 is 14.7 Å². The molecule has 2 heterocycles. The van der Waals surface area contributed by atoms with Crippen LogP contribution in [0.1, 0.15) is 39.0 Å². The maximum absolute atomic E-state index is 11.6. The van der Waals surface area contributed by atoms with Gasteiger partial charge in [0.1, 0.15) is 18.2 Å². The van der Waals surface area contributed by atoms with Gasteiger partial charge in [0.05, 0.1) is 6.61 Å². The van der Waals surface area contributed by atoms with Gasteiger partial charge in [-0.05, 0) is 32.1 Å². The molecule has 3 unspecified atom stereocenters. The molecule has 0 radical (unpaired) electrons. The number of carboxylic acid groups (broad SMARTS) is 1. The zero-order valence-corrected chi connectivity index (χ0v) is 12.2. The van der Waals surface area contributed by atoms with Gasteiger partial charge in [-0.2, -0.15) is 0 Å². The average molecular weight is 291 g/mol. The van der Waals surface area contributed by atoms with Gasteiger partial charge in [-0.1, -0.05) is 12.8 Å². The summed E-state index contributed by atoms with van der Waals surface area (Å²) in [6.07, 6.45) is 6.70. The first-order valence-electron chi connectivity index (χ1n) is 7.66. The van der Waals surface area contributed by atoms with Crippen molar-refractivity contribution in [3.63, 3.8) is 0 Å². The summed E-state index contributed by atoms with van der Waals surface area (Å²) in [6, 6.07) is 1.56. The predicted molar refractivity (Wildman–Crippen MR) is 77.5 cm³/mol. The second-order valence-corrected chi connectivity index (χ2v) is 5.76. The van der Waals surface area contributed by atoms with Crippen molar-refractivity contribution >= 4 is 11.8 Å². The number of hydrogen-bond donors (Lipinski definition) is 1. The molecule has 2 fully saturated rings. The largest absolute Gasteiger partial charge is 0.480 e. The van der Waals surface area contributed by atoms with E-state index < -0.39 is 12.0 Å². The van der Waals surface area contributed by atoms with Crippen LogP contribution in [-0.4, -0.2) is 39.7 Å². The van der Waals surface area contributed by atoms with Gasteiger partial charge in [-0.25, -0.2) is 14.8 Å². The highest BCUT2D eigenvalue weighted by Gasteiger charge is 2.45. The maximum atomic E-state index is 11.6. The van der Waals surface area contributed by atoms with Crippen LogP contribution in [0.15, 0.2) is 12.4 Å². The lowest BCUT2D eigenvalue weighted by molar-refractivity contribution is -0.138. The van der Waals surface area contributed by atoms with Crippen molar-refractivity contribution in [2.24, 2.45) is 5.92 Å². The number of ether oxygens (including phenoxy) is 1. The predicted octanol–water partition coefficient (Wildman–Crippen LogP) is 2.10. The number of anilines is 1. The summed E-state index contributed by atoms with van der Waals surface area (Å²) in [6.45, 7) is 2.43. The zero-order valence-electron chi connectivity index (χ0n) is 12.2. The average Bonchev–Trinajstić information content (AvgIpc) is 2.87. The third kappa shape index (κ3) is 2.66. The molecule has 2 aliphatic rings. The molecular weight excluding hydrogens is 270 g/mol. The topological polar surface area (TPSA) is 75.5 Å². The van der Waals surface area contributed by atoms with Crippen LogP contribution >= 0.6 is 0 Å². The molecule has 1 saturated carbocycles. The third-order valence-corrected chi connectivity index (χ3v) is 4.56. The zero-order chi connectivity index (χ0) is 14.8. The Kier molecular flexibility index (Phi) is 3.94. The lowest BCUT2D eigenvalue weighted by Crippen LogP contribution is -2.43. The summed E-state index contributed by atoms with van der Waals surface area (Å²) in [5, 5.41) is 9.55. The van der Waals surface area contributed by atoms with E-state index in [1.54, 1.807) is 6.07 Å². The monoisotopic (exact) mass is 291 g/mol. The molecule has 1 aliphatic heterocycles. The summed E-state index contributed by atoms with van der Waals surface area (Å²) in [4.78, 5) is 22.0. The fraction of sp³-hybridized carbons (Fsp3) is 0.667. The van der Waals surface area contributed by atoms with Crippen molar-refractivity contribution in [3.8, 4) is 5.88 Å². The van der Waals surface area contributed by atoms with Gasteiger partial charge in [-0.15, -0.1) is 0 Å². The van der Waals surface area contributed by atoms with E-state index >= 15 is 0 Å². The fourth-order valence-electron chi connectivity index (χ4n) is 3.71. The van der Waals surface area contributed by atoms with Crippen LogP contribution in [0.2, 0.25) is 0 Å². The molecule has 6 heteroatoms. The van der Waals surface area contributed by atoms with E-state index in [4.69, 9.17) is 4.74 Å². The molecule has 114 valence electrons. The van der Waals surface area contributed by atoms with Crippen molar-refractivity contribution in [2.75, 3.05) is 11.5 Å². The van der Waals surface area contributed by atoms with E-state index in [-0.39, 0.29) is 6.04 Å². The van der Waals surface area contributed by atoms with Gasteiger partial charge in [0.15, 0.2) is 0 Å². The minimum absolute atomic E-state index is 0.282. The molecule has 1 N–H and O–H groups in total. The second kappa shape index (κ2) is 5.87. The molecule has 3 rings (SSSR count). The highest BCUT2D eigenvalue weighted by atomic mass is 16.5. The number of hydrogen-bond acceptors (Lipinski definition) is 5. The molecule has 3 atom stereocenters. The van der Waals surface area contributed by atoms with Crippen molar-refractivity contribution < 1.29 is 14.6 Å². The molecule has 6 nitrogen and oxygen atoms in total. The molecule has 0 bridgehead atoms. The molecular formula is C15H21N3O3. The molecule has 1 aromatic heterocycles. The number of nitrogens with zero attached hydrogens (tertiary/aromatic N) is 3. The van der Waals surface area contributed by atoms with Crippen molar-refractivity contribution in [2.45, 2.75) is 51.1 Å². The molecule has 0 amide bonds. The Hall–Kier alpha value is -1.85. The Labute approximate surface area is 124 Å². The summed E-state index contributed by atoms with van der Waals surface area (Å²) in [7, 11) is 0. The molecule has 0 aromatic carbocycles. The van der Waals surface area contributed by atoms with Crippen LogP contribution in [0.25, 0.3) is 0 Å². The number of fused-ring (bicyclic) bond motifs is 1. The molecule has 1 aliphatic carbocycles. The van der Waals surface area contributed by atoms with Crippen LogP contribution in [0.4, 0.5) is 5.82 Å². The van der Waals surface area contributed by atoms with Crippen LogP contribution in [0.5, 0.6) is 5.88 Å². The molecule has 1 aromatic rings. The van der Waals surface area contributed by atoms with Crippen molar-refractivity contribution in [1.29, 1.82) is 0 Å². The summed E-state index contributed by atoms with van der Waals surface area (Å²) >= 11 is 0. The van der Waals surface area contributed by atoms with Gasteiger partial charge in [-0.3, -0.25) is 0 Å². The number of rotatable bonds is 4. The lowest BCUT2D eigenvalue weighted by atomic mass is 9.85. The van der Waals surface area contributed by atoms with Crippen LogP contribution < -0.4 is 9.64 Å². The Bertz CT molecular complexity index is 523. The minimum atomic E-state index is -0.763. The van der Waals surface area contributed by atoms with Crippen molar-refractivity contribution in [1.82, 2.24) is 9.97 Å². The summed E-state index contributed by atoms with van der Waals surface area (Å²) in [5.74, 6) is 0.882.